The molecule has 2 rings (SSSR count). The van der Waals surface area contributed by atoms with Gasteiger partial charge in [-0.1, -0.05) is 28.2 Å². The Bertz CT molecular complexity index is 774. The van der Waals surface area contributed by atoms with Crippen LogP contribution >= 0.6 is 22.5 Å². The van der Waals surface area contributed by atoms with E-state index in [9.17, 15) is 18.5 Å². The smallest absolute Gasteiger partial charge is 0.258 e. The minimum absolute atomic E-state index is 0.0807. The molecule has 0 saturated carbocycles. The minimum atomic E-state index is -3.82. The summed E-state index contributed by atoms with van der Waals surface area (Å²) in [6.45, 7) is 0. The normalized spacial score (nSPS) is 11.1. The third kappa shape index (κ3) is 2.61. The maximum absolute atomic E-state index is 12.1. The number of hydrogen-bond donors (Lipinski definition) is 0. The number of sulfone groups is 1. The van der Waals surface area contributed by atoms with Crippen LogP contribution in [0.4, 0.5) is 5.69 Å². The second kappa shape index (κ2) is 5.02. The van der Waals surface area contributed by atoms with Crippen LogP contribution in [0.3, 0.4) is 0 Å². The number of benzene rings is 1. The van der Waals surface area contributed by atoms with Crippen LogP contribution in [0.1, 0.15) is 0 Å². The summed E-state index contributed by atoms with van der Waals surface area (Å²) >= 11 is 1.64. The summed E-state index contributed by atoms with van der Waals surface area (Å²) in [7, 11) is -3.82. The van der Waals surface area contributed by atoms with Crippen molar-refractivity contribution in [2.75, 3.05) is 0 Å². The molecule has 0 unspecified atom stereocenters. The molecule has 0 bridgehead atoms. The topological polar surface area (TPSA) is 103 Å². The lowest BCUT2D eigenvalue weighted by Crippen LogP contribution is -2.01. The molecule has 10 heteroatoms. The zero-order valence-corrected chi connectivity index (χ0v) is 11.5. The van der Waals surface area contributed by atoms with Crippen LogP contribution in [0.15, 0.2) is 37.8 Å². The second-order valence-electron chi connectivity index (χ2n) is 3.21. The average Bonchev–Trinajstić information content (AvgIpc) is 2.88. The molecule has 0 aliphatic rings. The summed E-state index contributed by atoms with van der Waals surface area (Å²) in [6.07, 6.45) is 0. The van der Waals surface area contributed by atoms with Gasteiger partial charge in [-0.15, -0.1) is 10.2 Å². The number of hydrogen-bond acceptors (Lipinski definition) is 7. The molecule has 0 radical (unpaired) electrons. The summed E-state index contributed by atoms with van der Waals surface area (Å²) in [5.74, 6) is 0. The molecule has 2 aromatic rings. The SMILES string of the molecule is C#Sc1nnc(S(=O)(=O)c2ccc([N+](=O)[O-])cc2)s1. The van der Waals surface area contributed by atoms with E-state index in [1.54, 1.807) is 0 Å². The van der Waals surface area contributed by atoms with E-state index in [4.69, 9.17) is 5.69 Å². The van der Waals surface area contributed by atoms with Crippen molar-refractivity contribution in [2.24, 2.45) is 0 Å². The van der Waals surface area contributed by atoms with Crippen LogP contribution in [0.2, 0.25) is 0 Å². The first kappa shape index (κ1) is 13.6. The summed E-state index contributed by atoms with van der Waals surface area (Å²) in [5.41, 5.74) is 5.07. The zero-order chi connectivity index (χ0) is 14.0. The van der Waals surface area contributed by atoms with Crippen molar-refractivity contribution in [1.29, 1.82) is 0 Å². The molecule has 1 aromatic carbocycles. The van der Waals surface area contributed by atoms with Crippen molar-refractivity contribution >= 4 is 38.0 Å². The van der Waals surface area contributed by atoms with Crippen molar-refractivity contribution in [1.82, 2.24) is 10.2 Å². The van der Waals surface area contributed by atoms with Gasteiger partial charge in [-0.2, -0.15) is 0 Å². The molecule has 0 aliphatic heterocycles. The average molecular weight is 315 g/mol. The summed E-state index contributed by atoms with van der Waals surface area (Å²) in [6, 6.07) is 4.55. The van der Waals surface area contributed by atoms with E-state index in [0.717, 1.165) is 46.8 Å². The Balaban J connectivity index is 2.45. The maximum Gasteiger partial charge on any atom is 0.269 e. The highest BCUT2D eigenvalue weighted by Crippen LogP contribution is 2.26. The molecule has 0 atom stereocenters. The summed E-state index contributed by atoms with van der Waals surface area (Å²) < 4.78 is 24.4. The number of nitro benzene ring substituents is 1. The number of non-ortho nitro benzene ring substituents is 1. The molecular weight excluding hydrogens is 310 g/mol. The number of nitrogens with zero attached hydrogens (tertiary/aromatic N) is 3. The molecule has 0 fully saturated rings. The van der Waals surface area contributed by atoms with Crippen molar-refractivity contribution in [3.05, 3.63) is 34.4 Å². The molecule has 1 heterocycles. The lowest BCUT2D eigenvalue weighted by molar-refractivity contribution is -0.384. The first-order valence-electron chi connectivity index (χ1n) is 4.65. The molecule has 0 N–H and O–H groups in total. The highest BCUT2D eigenvalue weighted by Gasteiger charge is 2.23. The van der Waals surface area contributed by atoms with Crippen molar-refractivity contribution in [3.63, 3.8) is 0 Å². The van der Waals surface area contributed by atoms with Gasteiger partial charge in [-0.3, -0.25) is 10.1 Å². The number of nitro groups is 1. The van der Waals surface area contributed by atoms with Crippen LogP contribution in [0.25, 0.3) is 0 Å². The molecule has 98 valence electrons. The predicted octanol–water partition coefficient (Wildman–Crippen LogP) is 1.96. The highest BCUT2D eigenvalue weighted by molar-refractivity contribution is 7.94. The van der Waals surface area contributed by atoms with Crippen LogP contribution in [0.5, 0.6) is 0 Å². The first-order valence-corrected chi connectivity index (χ1v) is 7.83. The Morgan fingerprint density at radius 1 is 1.26 bits per heavy atom. The number of rotatable bonds is 3. The minimum Gasteiger partial charge on any atom is -0.258 e. The van der Waals surface area contributed by atoms with Crippen molar-refractivity contribution in [2.45, 2.75) is 13.6 Å². The van der Waals surface area contributed by atoms with E-state index in [1.165, 1.54) is 0 Å². The van der Waals surface area contributed by atoms with Gasteiger partial charge in [0, 0.05) is 12.1 Å². The molecule has 7 nitrogen and oxygen atoms in total. The van der Waals surface area contributed by atoms with E-state index >= 15 is 0 Å². The van der Waals surface area contributed by atoms with Gasteiger partial charge in [-0.05, 0) is 12.1 Å². The summed E-state index contributed by atoms with van der Waals surface area (Å²) in [4.78, 5) is 9.81. The van der Waals surface area contributed by atoms with E-state index in [0.29, 0.717) is 4.34 Å². The Hall–Kier alpha value is -1.87. The van der Waals surface area contributed by atoms with E-state index < -0.39 is 14.8 Å². The van der Waals surface area contributed by atoms with E-state index in [-0.39, 0.29) is 14.9 Å². The largest absolute Gasteiger partial charge is 0.269 e. The van der Waals surface area contributed by atoms with Gasteiger partial charge in [-0.25, -0.2) is 8.42 Å². The van der Waals surface area contributed by atoms with Crippen LogP contribution in [-0.2, 0) is 9.84 Å². The molecule has 0 saturated heterocycles. The molecule has 0 spiro atoms. The quantitative estimate of drug-likeness (QED) is 0.633. The number of aromatic nitrogens is 2. The van der Waals surface area contributed by atoms with Crippen LogP contribution < -0.4 is 0 Å². The molecule has 1 aromatic heterocycles. The van der Waals surface area contributed by atoms with Gasteiger partial charge in [0.2, 0.25) is 18.5 Å². The van der Waals surface area contributed by atoms with E-state index in [2.05, 4.69) is 10.2 Å². The molecule has 0 amide bonds. The standard InChI is InChI=1S/C9H5N3O4S3/c1-17-8-10-11-9(18-8)19(15,16)7-4-2-6(3-5-7)12(13)14/h1-5H. The lowest BCUT2D eigenvalue weighted by atomic mass is 10.3. The van der Waals surface area contributed by atoms with Gasteiger partial charge < -0.3 is 0 Å². The zero-order valence-electron chi connectivity index (χ0n) is 9.09. The van der Waals surface area contributed by atoms with Crippen molar-refractivity contribution in [3.8, 4) is 5.69 Å². The summed E-state index contributed by atoms with van der Waals surface area (Å²) in [5, 5.41) is 17.6. The third-order valence-corrected chi connectivity index (χ3v) is 5.75. The van der Waals surface area contributed by atoms with E-state index in [1.807, 2.05) is 0 Å². The monoisotopic (exact) mass is 315 g/mol. The van der Waals surface area contributed by atoms with Gasteiger partial charge >= 0.3 is 0 Å². The van der Waals surface area contributed by atoms with Crippen molar-refractivity contribution < 1.29 is 13.3 Å². The highest BCUT2D eigenvalue weighted by atomic mass is 32.2. The maximum atomic E-state index is 12.1. The Morgan fingerprint density at radius 2 is 1.89 bits per heavy atom. The predicted molar refractivity (Wildman–Crippen MR) is 69.3 cm³/mol. The molecular formula is C9H5N3O4S3. The van der Waals surface area contributed by atoms with Gasteiger partial charge in [0.25, 0.3) is 5.69 Å². The van der Waals surface area contributed by atoms with Crippen LogP contribution in [0, 0.1) is 15.8 Å². The fraction of sp³-hybridized carbons (Fsp3) is 0. The second-order valence-corrected chi connectivity index (χ2v) is 7.19. The lowest BCUT2D eigenvalue weighted by Gasteiger charge is -1.99. The molecule has 0 aliphatic carbocycles. The van der Waals surface area contributed by atoms with Crippen LogP contribution in [-0.4, -0.2) is 23.5 Å². The fourth-order valence-corrected chi connectivity index (χ4v) is 4.00. The van der Waals surface area contributed by atoms with Gasteiger partial charge in [0.15, 0.2) is 0 Å². The fourth-order valence-electron chi connectivity index (χ4n) is 1.20. The first-order chi connectivity index (χ1) is 8.95. The van der Waals surface area contributed by atoms with Gasteiger partial charge in [0.1, 0.15) is 0 Å². The third-order valence-electron chi connectivity index (χ3n) is 2.08. The Kier molecular flexibility index (Phi) is 3.58. The Labute approximate surface area is 115 Å². The Morgan fingerprint density at radius 3 is 2.37 bits per heavy atom. The van der Waals surface area contributed by atoms with Gasteiger partial charge in [0.05, 0.1) is 9.82 Å². The molecule has 19 heavy (non-hydrogen) atoms.